The molecule has 0 saturated heterocycles. The van der Waals surface area contributed by atoms with Crippen molar-refractivity contribution < 1.29 is 15.0 Å². The average molecular weight is 171 g/mol. The first kappa shape index (κ1) is 12.9. The minimum Gasteiger partial charge on any atom is -0.506 e. The van der Waals surface area contributed by atoms with Crippen LogP contribution in [0.3, 0.4) is 0 Å². The van der Waals surface area contributed by atoms with Crippen molar-refractivity contribution >= 4 is 5.97 Å². The Morgan fingerprint density at radius 1 is 1.33 bits per heavy atom. The Hall–Kier alpha value is -1.71. The molecule has 0 aromatic rings. The van der Waals surface area contributed by atoms with Gasteiger partial charge in [-0.25, -0.2) is 0 Å². The zero-order valence-electron chi connectivity index (χ0n) is 6.95. The molecule has 0 spiro atoms. The zero-order valence-corrected chi connectivity index (χ0v) is 6.95. The second kappa shape index (κ2) is 7.40. The third kappa shape index (κ3) is 11.1. The first-order chi connectivity index (χ1) is 5.45. The number of aliphatic hydroxyl groups is 1. The Labute approximate surface area is 71.3 Å². The number of aliphatic hydroxyl groups excluding tert-OH is 1. The number of aliphatic carboxylic acids is 1. The van der Waals surface area contributed by atoms with Gasteiger partial charge in [-0.05, 0) is 12.2 Å². The molecule has 12 heavy (non-hydrogen) atoms. The summed E-state index contributed by atoms with van der Waals surface area (Å²) in [4.78, 5) is 9.00. The number of nitrogens with two attached hydrogens (primary N) is 1. The van der Waals surface area contributed by atoms with E-state index in [0.29, 0.717) is 0 Å². The van der Waals surface area contributed by atoms with Crippen molar-refractivity contribution in [3.05, 3.63) is 36.8 Å². The molecule has 0 aromatic heterocycles. The fourth-order valence-electron chi connectivity index (χ4n) is 0.222. The molecule has 0 rings (SSSR count). The second-order valence-corrected chi connectivity index (χ2v) is 1.77. The third-order valence-electron chi connectivity index (χ3n) is 0.709. The van der Waals surface area contributed by atoms with Gasteiger partial charge in [0.2, 0.25) is 0 Å². The van der Waals surface area contributed by atoms with Gasteiger partial charge in [0.05, 0.1) is 5.70 Å². The van der Waals surface area contributed by atoms with Crippen LogP contribution in [0.2, 0.25) is 0 Å². The molecule has 0 radical (unpaired) electrons. The molecular formula is C8H13NO3. The Morgan fingerprint density at radius 3 is 1.75 bits per heavy atom. The number of hydrogen-bond donors (Lipinski definition) is 3. The highest BCUT2D eigenvalue weighted by atomic mass is 16.4. The van der Waals surface area contributed by atoms with Gasteiger partial charge in [0.15, 0.2) is 0 Å². The smallest absolute Gasteiger partial charge is 0.300 e. The highest BCUT2D eigenvalue weighted by Crippen LogP contribution is 1.93. The molecule has 0 aromatic carbocycles. The lowest BCUT2D eigenvalue weighted by atomic mass is 10.3. The molecule has 0 atom stereocenters. The maximum absolute atomic E-state index is 9.00. The predicted molar refractivity (Wildman–Crippen MR) is 47.5 cm³/mol. The highest BCUT2D eigenvalue weighted by molar-refractivity contribution is 5.62. The van der Waals surface area contributed by atoms with Crippen LogP contribution in [0.25, 0.3) is 0 Å². The number of hydrogen-bond acceptors (Lipinski definition) is 3. The number of carboxylic acid groups (broad SMARTS) is 1. The molecule has 0 amide bonds. The fourth-order valence-corrected chi connectivity index (χ4v) is 0.222. The summed E-state index contributed by atoms with van der Waals surface area (Å²) in [7, 11) is 0. The molecule has 0 heterocycles. The van der Waals surface area contributed by atoms with Crippen LogP contribution in [-0.4, -0.2) is 16.2 Å². The lowest BCUT2D eigenvalue weighted by Gasteiger charge is -1.91. The molecule has 0 saturated carbocycles. The van der Waals surface area contributed by atoms with Gasteiger partial charge in [0.25, 0.3) is 5.97 Å². The van der Waals surface area contributed by atoms with E-state index in [0.717, 1.165) is 6.92 Å². The number of rotatable bonds is 2. The molecule has 4 nitrogen and oxygen atoms in total. The van der Waals surface area contributed by atoms with E-state index in [9.17, 15) is 0 Å². The Morgan fingerprint density at radius 2 is 1.67 bits per heavy atom. The van der Waals surface area contributed by atoms with Crippen molar-refractivity contribution in [1.82, 2.24) is 0 Å². The number of carboxylic acids is 1. The standard InChI is InChI=1S/C6H9NO.C2H4O2/c1-3-5(7)6(8)4-2;1-2(3)4/h3-4,8H,1-2,7H2;1H3,(H,3,4)/b6-5-;. The average Bonchev–Trinajstić information content (AvgIpc) is 2.00. The van der Waals surface area contributed by atoms with Crippen LogP contribution < -0.4 is 5.73 Å². The van der Waals surface area contributed by atoms with E-state index in [4.69, 9.17) is 20.7 Å². The van der Waals surface area contributed by atoms with Crippen LogP contribution in [0, 0.1) is 0 Å². The molecule has 4 N–H and O–H groups in total. The van der Waals surface area contributed by atoms with Gasteiger partial charge in [0, 0.05) is 6.92 Å². The quantitative estimate of drug-likeness (QED) is 0.430. The molecule has 0 fully saturated rings. The predicted octanol–water partition coefficient (Wildman–Crippen LogP) is 1.18. The van der Waals surface area contributed by atoms with Gasteiger partial charge in [-0.3, -0.25) is 4.79 Å². The van der Waals surface area contributed by atoms with E-state index in [1.165, 1.54) is 12.2 Å². The summed E-state index contributed by atoms with van der Waals surface area (Å²) >= 11 is 0. The molecule has 68 valence electrons. The van der Waals surface area contributed by atoms with E-state index in [1.807, 2.05) is 0 Å². The van der Waals surface area contributed by atoms with E-state index in [2.05, 4.69) is 13.2 Å². The van der Waals surface area contributed by atoms with E-state index < -0.39 is 5.97 Å². The van der Waals surface area contributed by atoms with Crippen molar-refractivity contribution in [1.29, 1.82) is 0 Å². The Bertz CT molecular complexity index is 186. The summed E-state index contributed by atoms with van der Waals surface area (Å²) in [5.74, 6) is -0.861. The molecule has 4 heteroatoms. The van der Waals surface area contributed by atoms with Gasteiger partial charge < -0.3 is 15.9 Å². The van der Waals surface area contributed by atoms with Crippen molar-refractivity contribution in [2.75, 3.05) is 0 Å². The molecule has 0 aliphatic heterocycles. The third-order valence-corrected chi connectivity index (χ3v) is 0.709. The van der Waals surface area contributed by atoms with Crippen LogP contribution >= 0.6 is 0 Å². The first-order valence-corrected chi connectivity index (χ1v) is 3.08. The zero-order chi connectivity index (χ0) is 10.1. The summed E-state index contributed by atoms with van der Waals surface area (Å²) in [6, 6.07) is 0. The monoisotopic (exact) mass is 171 g/mol. The topological polar surface area (TPSA) is 83.5 Å². The van der Waals surface area contributed by atoms with Gasteiger partial charge in [-0.15, -0.1) is 0 Å². The first-order valence-electron chi connectivity index (χ1n) is 3.08. The molecule has 0 aliphatic carbocycles. The second-order valence-electron chi connectivity index (χ2n) is 1.77. The van der Waals surface area contributed by atoms with Crippen molar-refractivity contribution in [2.24, 2.45) is 5.73 Å². The molecular weight excluding hydrogens is 158 g/mol. The maximum Gasteiger partial charge on any atom is 0.300 e. The highest BCUT2D eigenvalue weighted by Gasteiger charge is 1.86. The van der Waals surface area contributed by atoms with Crippen molar-refractivity contribution in [3.8, 4) is 0 Å². The van der Waals surface area contributed by atoms with E-state index >= 15 is 0 Å². The summed E-state index contributed by atoms with van der Waals surface area (Å²) in [5.41, 5.74) is 5.42. The van der Waals surface area contributed by atoms with Crippen molar-refractivity contribution in [2.45, 2.75) is 6.92 Å². The molecule has 0 bridgehead atoms. The van der Waals surface area contributed by atoms with E-state index in [-0.39, 0.29) is 11.5 Å². The minimum absolute atomic E-state index is 0.0278. The van der Waals surface area contributed by atoms with Gasteiger partial charge >= 0.3 is 0 Å². The minimum atomic E-state index is -0.833. The van der Waals surface area contributed by atoms with Crippen molar-refractivity contribution in [3.63, 3.8) is 0 Å². The van der Waals surface area contributed by atoms with Gasteiger partial charge in [-0.2, -0.15) is 0 Å². The van der Waals surface area contributed by atoms with Crippen LogP contribution in [0.1, 0.15) is 6.92 Å². The Kier molecular flexibility index (Phi) is 7.97. The lowest BCUT2D eigenvalue weighted by molar-refractivity contribution is -0.134. The van der Waals surface area contributed by atoms with Crippen LogP contribution in [0.4, 0.5) is 0 Å². The lowest BCUT2D eigenvalue weighted by Crippen LogP contribution is -1.96. The number of carbonyl (C=O) groups is 1. The SMILES string of the molecule is C=C/C(N)=C(/O)C=C.CC(=O)O. The summed E-state index contributed by atoms with van der Waals surface area (Å²) < 4.78 is 0. The fraction of sp³-hybridized carbons (Fsp3) is 0.125. The molecule has 0 aliphatic rings. The normalized spacial score (nSPS) is 10.1. The van der Waals surface area contributed by atoms with Crippen LogP contribution in [0.15, 0.2) is 36.8 Å². The summed E-state index contributed by atoms with van der Waals surface area (Å²) in [6.07, 6.45) is 2.62. The largest absolute Gasteiger partial charge is 0.506 e. The van der Waals surface area contributed by atoms with Crippen LogP contribution in [-0.2, 0) is 4.79 Å². The molecule has 0 unspecified atom stereocenters. The summed E-state index contributed by atoms with van der Waals surface area (Å²) in [5, 5.41) is 16.1. The van der Waals surface area contributed by atoms with Gasteiger partial charge in [-0.1, -0.05) is 13.2 Å². The number of allylic oxidation sites excluding steroid dienone is 2. The Balaban J connectivity index is 0. The van der Waals surface area contributed by atoms with Gasteiger partial charge in [0.1, 0.15) is 5.76 Å². The van der Waals surface area contributed by atoms with Crippen LogP contribution in [0.5, 0.6) is 0 Å². The van der Waals surface area contributed by atoms with E-state index in [1.54, 1.807) is 0 Å². The maximum atomic E-state index is 9.00. The summed E-state index contributed by atoms with van der Waals surface area (Å²) in [6.45, 7) is 7.72.